The lowest BCUT2D eigenvalue weighted by Crippen LogP contribution is -2.06. The predicted octanol–water partition coefficient (Wildman–Crippen LogP) is 1.46. The average Bonchev–Trinajstić information content (AvgIpc) is 2.34. The van der Waals surface area contributed by atoms with E-state index in [9.17, 15) is 14.0 Å². The van der Waals surface area contributed by atoms with E-state index >= 15 is 0 Å². The van der Waals surface area contributed by atoms with Gasteiger partial charge in [-0.1, -0.05) is 0 Å². The van der Waals surface area contributed by atoms with Gasteiger partial charge in [0, 0.05) is 0 Å². The first-order valence-corrected chi connectivity index (χ1v) is 4.62. The molecule has 0 aliphatic heterocycles. The lowest BCUT2D eigenvalue weighted by molar-refractivity contribution is 0.0596. The molecule has 0 radical (unpaired) electrons. The maximum atomic E-state index is 13.6. The second kappa shape index (κ2) is 5.77. The number of nitrogens with zero attached hydrogens (tertiary/aromatic N) is 1. The zero-order chi connectivity index (χ0) is 12.8. The molecule has 0 bridgehead atoms. The third-order valence-electron chi connectivity index (χ3n) is 2.04. The van der Waals surface area contributed by atoms with Crippen LogP contribution in [-0.2, 0) is 16.1 Å². The molecule has 0 N–H and O–H groups in total. The molecule has 0 aromatic heterocycles. The Bertz CT molecular complexity index is 481. The number of aliphatic imine (C=N–C) groups is 1. The van der Waals surface area contributed by atoms with Gasteiger partial charge in [-0.25, -0.2) is 19.0 Å². The molecule has 0 saturated carbocycles. The van der Waals surface area contributed by atoms with Crippen molar-refractivity contribution < 1.29 is 23.5 Å². The van der Waals surface area contributed by atoms with Gasteiger partial charge in [0.05, 0.1) is 20.8 Å². The first kappa shape index (κ1) is 12.9. The number of hydrogen-bond acceptors (Lipinski definition) is 5. The Kier molecular flexibility index (Phi) is 4.37. The Morgan fingerprint density at radius 2 is 2.18 bits per heavy atom. The van der Waals surface area contributed by atoms with Crippen molar-refractivity contribution in [2.24, 2.45) is 4.99 Å². The molecule has 0 aliphatic carbocycles. The summed E-state index contributed by atoms with van der Waals surface area (Å²) in [5.41, 5.74) is 0.304. The molecule has 0 heterocycles. The molecule has 0 fully saturated rings. The summed E-state index contributed by atoms with van der Waals surface area (Å²) in [4.78, 5) is 24.7. The van der Waals surface area contributed by atoms with Gasteiger partial charge in [-0.2, -0.15) is 0 Å². The number of methoxy groups -OCH3 is 2. The van der Waals surface area contributed by atoms with Crippen LogP contribution in [0.1, 0.15) is 15.9 Å². The van der Waals surface area contributed by atoms with Gasteiger partial charge in [0.25, 0.3) is 0 Å². The highest BCUT2D eigenvalue weighted by Crippen LogP contribution is 2.25. The number of isocyanates is 1. The molecular formula is C11H10FNO4. The van der Waals surface area contributed by atoms with Crippen LogP contribution in [0.4, 0.5) is 4.39 Å². The quantitative estimate of drug-likeness (QED) is 0.453. The monoisotopic (exact) mass is 239 g/mol. The summed E-state index contributed by atoms with van der Waals surface area (Å²) in [6, 6.07) is 2.49. The molecular weight excluding hydrogens is 229 g/mol. The summed E-state index contributed by atoms with van der Waals surface area (Å²) in [5, 5.41) is 0. The topological polar surface area (TPSA) is 65.0 Å². The Labute approximate surface area is 96.9 Å². The molecule has 0 amide bonds. The molecule has 90 valence electrons. The number of rotatable bonds is 4. The van der Waals surface area contributed by atoms with Crippen molar-refractivity contribution in [2.45, 2.75) is 6.54 Å². The SMILES string of the molecule is COC(=O)c1cc(CN=C=O)cc(F)c1OC. The number of esters is 1. The molecule has 0 aliphatic rings. The van der Waals surface area contributed by atoms with E-state index < -0.39 is 11.8 Å². The van der Waals surface area contributed by atoms with Gasteiger partial charge >= 0.3 is 5.97 Å². The van der Waals surface area contributed by atoms with E-state index in [1.54, 1.807) is 0 Å². The van der Waals surface area contributed by atoms with Crippen LogP contribution in [0.2, 0.25) is 0 Å². The van der Waals surface area contributed by atoms with Crippen molar-refractivity contribution >= 4 is 12.0 Å². The second-order valence-electron chi connectivity index (χ2n) is 3.06. The molecule has 1 aromatic carbocycles. The predicted molar refractivity (Wildman–Crippen MR) is 56.1 cm³/mol. The van der Waals surface area contributed by atoms with Crippen LogP contribution in [0.25, 0.3) is 0 Å². The van der Waals surface area contributed by atoms with Crippen molar-refractivity contribution in [3.63, 3.8) is 0 Å². The Hall–Kier alpha value is -2.20. The number of hydrogen-bond donors (Lipinski definition) is 0. The summed E-state index contributed by atoms with van der Waals surface area (Å²) >= 11 is 0. The fourth-order valence-corrected chi connectivity index (χ4v) is 1.33. The fourth-order valence-electron chi connectivity index (χ4n) is 1.33. The van der Waals surface area contributed by atoms with Crippen molar-refractivity contribution in [3.8, 4) is 5.75 Å². The number of carbonyl (C=O) groups excluding carboxylic acids is 2. The van der Waals surface area contributed by atoms with Crippen LogP contribution in [0.5, 0.6) is 5.75 Å². The Morgan fingerprint density at radius 3 is 2.71 bits per heavy atom. The van der Waals surface area contributed by atoms with E-state index in [2.05, 4.69) is 9.73 Å². The van der Waals surface area contributed by atoms with E-state index in [0.717, 1.165) is 6.07 Å². The van der Waals surface area contributed by atoms with Crippen LogP contribution >= 0.6 is 0 Å². The highest BCUT2D eigenvalue weighted by Gasteiger charge is 2.18. The zero-order valence-corrected chi connectivity index (χ0v) is 9.32. The zero-order valence-electron chi connectivity index (χ0n) is 9.32. The van der Waals surface area contributed by atoms with Crippen LogP contribution in [0.15, 0.2) is 17.1 Å². The summed E-state index contributed by atoms with van der Waals surface area (Å²) in [6.45, 7) is -0.0611. The maximum Gasteiger partial charge on any atom is 0.341 e. The van der Waals surface area contributed by atoms with E-state index in [4.69, 9.17) is 4.74 Å². The van der Waals surface area contributed by atoms with Gasteiger partial charge in [-0.05, 0) is 17.7 Å². The van der Waals surface area contributed by atoms with Crippen molar-refractivity contribution in [2.75, 3.05) is 14.2 Å². The van der Waals surface area contributed by atoms with Gasteiger partial charge < -0.3 is 9.47 Å². The highest BCUT2D eigenvalue weighted by atomic mass is 19.1. The lowest BCUT2D eigenvalue weighted by Gasteiger charge is -2.09. The molecule has 17 heavy (non-hydrogen) atoms. The summed E-state index contributed by atoms with van der Waals surface area (Å²) in [6.07, 6.45) is 1.33. The van der Waals surface area contributed by atoms with E-state index in [1.165, 1.54) is 26.4 Å². The molecule has 0 atom stereocenters. The van der Waals surface area contributed by atoms with Crippen LogP contribution in [0.3, 0.4) is 0 Å². The molecule has 5 nitrogen and oxygen atoms in total. The Balaban J connectivity index is 3.27. The van der Waals surface area contributed by atoms with Gasteiger partial charge in [0.1, 0.15) is 5.56 Å². The minimum atomic E-state index is -0.724. The number of halogens is 1. The summed E-state index contributed by atoms with van der Waals surface area (Å²) < 4.78 is 22.8. The van der Waals surface area contributed by atoms with Crippen LogP contribution in [-0.4, -0.2) is 26.3 Å². The average molecular weight is 239 g/mol. The Morgan fingerprint density at radius 1 is 1.47 bits per heavy atom. The van der Waals surface area contributed by atoms with Crippen LogP contribution in [0, 0.1) is 5.82 Å². The lowest BCUT2D eigenvalue weighted by atomic mass is 10.1. The summed E-state index contributed by atoms with van der Waals surface area (Å²) in [7, 11) is 2.42. The van der Waals surface area contributed by atoms with Gasteiger partial charge in [0.2, 0.25) is 6.08 Å². The number of benzene rings is 1. The number of carbonyl (C=O) groups is 1. The molecule has 0 spiro atoms. The maximum absolute atomic E-state index is 13.6. The van der Waals surface area contributed by atoms with Crippen LogP contribution < -0.4 is 4.74 Å². The largest absolute Gasteiger partial charge is 0.493 e. The molecule has 6 heteroatoms. The van der Waals surface area contributed by atoms with Crippen molar-refractivity contribution in [1.29, 1.82) is 0 Å². The van der Waals surface area contributed by atoms with E-state index in [1.807, 2.05) is 0 Å². The fraction of sp³-hybridized carbons (Fsp3) is 0.273. The molecule has 1 rings (SSSR count). The molecule has 0 saturated heterocycles. The van der Waals surface area contributed by atoms with Gasteiger partial charge in [-0.15, -0.1) is 0 Å². The number of ether oxygens (including phenoxy) is 2. The minimum Gasteiger partial charge on any atom is -0.493 e. The third-order valence-corrected chi connectivity index (χ3v) is 2.04. The first-order valence-electron chi connectivity index (χ1n) is 4.62. The van der Waals surface area contributed by atoms with Gasteiger partial charge in [-0.3, -0.25) is 0 Å². The van der Waals surface area contributed by atoms with Crippen molar-refractivity contribution in [1.82, 2.24) is 0 Å². The van der Waals surface area contributed by atoms with Crippen molar-refractivity contribution in [3.05, 3.63) is 29.1 Å². The molecule has 0 unspecified atom stereocenters. The van der Waals surface area contributed by atoms with E-state index in [-0.39, 0.29) is 17.9 Å². The smallest absolute Gasteiger partial charge is 0.341 e. The minimum absolute atomic E-state index is 0.0499. The summed E-state index contributed by atoms with van der Waals surface area (Å²) in [5.74, 6) is -1.64. The van der Waals surface area contributed by atoms with E-state index in [0.29, 0.717) is 5.56 Å². The first-order chi connectivity index (χ1) is 8.13. The molecule has 1 aromatic rings. The second-order valence-corrected chi connectivity index (χ2v) is 3.06. The highest BCUT2D eigenvalue weighted by molar-refractivity contribution is 5.92. The third kappa shape index (κ3) is 2.89. The normalized spacial score (nSPS) is 9.35. The standard InChI is InChI=1S/C11H10FNO4/c1-16-10-8(11(15)17-2)3-7(4-9(10)12)5-13-6-14/h3-4H,5H2,1-2H3. The van der Waals surface area contributed by atoms with Gasteiger partial charge in [0.15, 0.2) is 11.6 Å².